The maximum absolute atomic E-state index is 12.7. The van der Waals surface area contributed by atoms with Crippen LogP contribution < -0.4 is 0 Å². The Morgan fingerprint density at radius 1 is 1.29 bits per heavy atom. The van der Waals surface area contributed by atoms with E-state index in [9.17, 15) is 18.3 Å². The summed E-state index contributed by atoms with van der Waals surface area (Å²) < 4.78 is 27.0. The van der Waals surface area contributed by atoms with Gasteiger partial charge in [-0.3, -0.25) is 4.79 Å². The molecule has 0 amide bonds. The Labute approximate surface area is 141 Å². The molecule has 1 aliphatic heterocycles. The molecule has 1 N–H and O–H groups in total. The molecule has 0 spiro atoms. The van der Waals surface area contributed by atoms with Crippen LogP contribution in [0.1, 0.15) is 19.3 Å². The van der Waals surface area contributed by atoms with Crippen LogP contribution in [0.4, 0.5) is 0 Å². The molecular weight excluding hydrogens is 405 g/mol. The SMILES string of the molecule is O=C(O)[C@@H]1CCCCN1S(=O)(=O)c1c(Cl)cc(Br)cc1Cl. The summed E-state index contributed by atoms with van der Waals surface area (Å²) >= 11 is 15.2. The highest BCUT2D eigenvalue weighted by molar-refractivity contribution is 9.10. The molecule has 9 heteroatoms. The molecule has 116 valence electrons. The number of hydrogen-bond donors (Lipinski definition) is 1. The zero-order valence-electron chi connectivity index (χ0n) is 10.7. The molecule has 0 saturated carbocycles. The predicted octanol–water partition coefficient (Wildman–Crippen LogP) is 3.38. The van der Waals surface area contributed by atoms with E-state index in [0.29, 0.717) is 17.3 Å². The van der Waals surface area contributed by atoms with Crippen molar-refractivity contribution < 1.29 is 18.3 Å². The minimum Gasteiger partial charge on any atom is -0.480 e. The lowest BCUT2D eigenvalue weighted by atomic mass is 10.1. The molecule has 0 radical (unpaired) electrons. The van der Waals surface area contributed by atoms with E-state index in [-0.39, 0.29) is 27.9 Å². The van der Waals surface area contributed by atoms with Gasteiger partial charge in [-0.2, -0.15) is 4.31 Å². The molecule has 1 saturated heterocycles. The van der Waals surface area contributed by atoms with Crippen molar-refractivity contribution in [2.24, 2.45) is 0 Å². The summed E-state index contributed by atoms with van der Waals surface area (Å²) in [6.45, 7) is 0.141. The average Bonchev–Trinajstić information content (AvgIpc) is 2.37. The van der Waals surface area contributed by atoms with Crippen molar-refractivity contribution in [1.29, 1.82) is 0 Å². The molecule has 0 aromatic heterocycles. The van der Waals surface area contributed by atoms with E-state index >= 15 is 0 Å². The highest BCUT2D eigenvalue weighted by atomic mass is 79.9. The Balaban J connectivity index is 2.53. The molecule has 1 aromatic rings. The molecule has 1 atom stereocenters. The minimum atomic E-state index is -4.07. The van der Waals surface area contributed by atoms with Gasteiger partial charge in [-0.1, -0.05) is 39.1 Å². The van der Waals surface area contributed by atoms with Gasteiger partial charge in [-0.25, -0.2) is 8.42 Å². The van der Waals surface area contributed by atoms with Crippen molar-refractivity contribution in [3.63, 3.8) is 0 Å². The zero-order chi connectivity index (χ0) is 15.8. The maximum atomic E-state index is 12.7. The molecule has 21 heavy (non-hydrogen) atoms. The first kappa shape index (κ1) is 17.0. The highest BCUT2D eigenvalue weighted by Gasteiger charge is 2.39. The lowest BCUT2D eigenvalue weighted by molar-refractivity contribution is -0.142. The second-order valence-corrected chi connectivity index (χ2v) is 8.22. The van der Waals surface area contributed by atoms with E-state index in [4.69, 9.17) is 23.2 Å². The number of rotatable bonds is 3. The van der Waals surface area contributed by atoms with Gasteiger partial charge in [0.2, 0.25) is 10.0 Å². The number of benzene rings is 1. The van der Waals surface area contributed by atoms with Gasteiger partial charge in [0, 0.05) is 11.0 Å². The van der Waals surface area contributed by atoms with Gasteiger partial charge >= 0.3 is 5.97 Å². The van der Waals surface area contributed by atoms with Gasteiger partial charge < -0.3 is 5.11 Å². The van der Waals surface area contributed by atoms with E-state index in [2.05, 4.69) is 15.9 Å². The van der Waals surface area contributed by atoms with Crippen LogP contribution in [-0.4, -0.2) is 36.4 Å². The van der Waals surface area contributed by atoms with Gasteiger partial charge in [0.05, 0.1) is 10.0 Å². The number of hydrogen-bond acceptors (Lipinski definition) is 3. The molecule has 1 aliphatic rings. The zero-order valence-corrected chi connectivity index (χ0v) is 14.6. The van der Waals surface area contributed by atoms with Crippen LogP contribution in [0.25, 0.3) is 0 Å². The van der Waals surface area contributed by atoms with Crippen LogP contribution in [0.5, 0.6) is 0 Å². The Morgan fingerprint density at radius 3 is 2.38 bits per heavy atom. The fraction of sp³-hybridized carbons (Fsp3) is 0.417. The number of sulfonamides is 1. The molecule has 0 bridgehead atoms. The molecule has 1 heterocycles. The van der Waals surface area contributed by atoms with Gasteiger partial charge in [0.1, 0.15) is 10.9 Å². The van der Waals surface area contributed by atoms with E-state index < -0.39 is 22.0 Å². The highest BCUT2D eigenvalue weighted by Crippen LogP contribution is 2.36. The summed E-state index contributed by atoms with van der Waals surface area (Å²) in [6.07, 6.45) is 1.56. The van der Waals surface area contributed by atoms with Gasteiger partial charge in [-0.05, 0) is 31.4 Å². The smallest absolute Gasteiger partial charge is 0.322 e. The van der Waals surface area contributed by atoms with Crippen molar-refractivity contribution in [2.45, 2.75) is 30.2 Å². The summed E-state index contributed by atoms with van der Waals surface area (Å²) in [5.41, 5.74) is 0. The minimum absolute atomic E-state index is 0.0379. The second kappa shape index (κ2) is 6.42. The van der Waals surface area contributed by atoms with Crippen molar-refractivity contribution >= 4 is 55.1 Å². The van der Waals surface area contributed by atoms with Gasteiger partial charge in [-0.15, -0.1) is 0 Å². The Bertz CT molecular complexity index is 657. The van der Waals surface area contributed by atoms with Crippen molar-refractivity contribution in [2.75, 3.05) is 6.54 Å². The normalized spacial score (nSPS) is 20.4. The summed E-state index contributed by atoms with van der Waals surface area (Å²) in [5, 5.41) is 9.15. The van der Waals surface area contributed by atoms with E-state index in [1.807, 2.05) is 0 Å². The molecule has 1 fully saturated rings. The second-order valence-electron chi connectivity index (χ2n) is 4.66. The number of nitrogens with zero attached hydrogens (tertiary/aromatic N) is 1. The quantitative estimate of drug-likeness (QED) is 0.819. The third-order valence-electron chi connectivity index (χ3n) is 3.27. The first-order valence-electron chi connectivity index (χ1n) is 6.14. The van der Waals surface area contributed by atoms with Gasteiger partial charge in [0.25, 0.3) is 0 Å². The van der Waals surface area contributed by atoms with Crippen LogP contribution >= 0.6 is 39.1 Å². The van der Waals surface area contributed by atoms with Crippen LogP contribution in [0.2, 0.25) is 10.0 Å². The third-order valence-corrected chi connectivity index (χ3v) is 6.56. The largest absolute Gasteiger partial charge is 0.480 e. The van der Waals surface area contributed by atoms with Gasteiger partial charge in [0.15, 0.2) is 0 Å². The summed E-state index contributed by atoms with van der Waals surface area (Å²) in [6, 6.07) is 1.75. The number of piperidine rings is 1. The molecule has 5 nitrogen and oxygen atoms in total. The number of halogens is 3. The first-order chi connectivity index (χ1) is 9.75. The lowest BCUT2D eigenvalue weighted by Crippen LogP contribution is -2.47. The van der Waals surface area contributed by atoms with Crippen LogP contribution in [0, 0.1) is 0 Å². The van der Waals surface area contributed by atoms with Crippen LogP contribution in [-0.2, 0) is 14.8 Å². The third kappa shape index (κ3) is 3.37. The van der Waals surface area contributed by atoms with Crippen molar-refractivity contribution in [1.82, 2.24) is 4.31 Å². The fourth-order valence-corrected chi connectivity index (χ4v) is 5.87. The monoisotopic (exact) mass is 415 g/mol. The topological polar surface area (TPSA) is 74.7 Å². The van der Waals surface area contributed by atoms with Crippen LogP contribution in [0.3, 0.4) is 0 Å². The Morgan fingerprint density at radius 2 is 1.86 bits per heavy atom. The molecular formula is C12H12BrCl2NO4S. The predicted molar refractivity (Wildman–Crippen MR) is 83.3 cm³/mol. The van der Waals surface area contributed by atoms with E-state index in [1.165, 1.54) is 12.1 Å². The van der Waals surface area contributed by atoms with Crippen molar-refractivity contribution in [3.8, 4) is 0 Å². The lowest BCUT2D eigenvalue weighted by Gasteiger charge is -2.32. The van der Waals surface area contributed by atoms with Crippen LogP contribution in [0.15, 0.2) is 21.5 Å². The Hall–Kier alpha value is -0.340. The van der Waals surface area contributed by atoms with E-state index in [0.717, 1.165) is 4.31 Å². The molecule has 0 unspecified atom stereocenters. The summed E-state index contributed by atoms with van der Waals surface area (Å²) in [7, 11) is -4.07. The molecule has 2 rings (SSSR count). The molecule has 1 aromatic carbocycles. The summed E-state index contributed by atoms with van der Waals surface area (Å²) in [4.78, 5) is 11.0. The Kier molecular flexibility index (Phi) is 5.20. The van der Waals surface area contributed by atoms with Crippen molar-refractivity contribution in [3.05, 3.63) is 26.7 Å². The number of carbonyl (C=O) groups is 1. The average molecular weight is 417 g/mol. The maximum Gasteiger partial charge on any atom is 0.322 e. The van der Waals surface area contributed by atoms with E-state index in [1.54, 1.807) is 0 Å². The number of aliphatic carboxylic acids is 1. The fourth-order valence-electron chi connectivity index (χ4n) is 2.33. The molecule has 0 aliphatic carbocycles. The number of carboxylic acid groups (broad SMARTS) is 1. The summed E-state index contributed by atoms with van der Waals surface area (Å²) in [5.74, 6) is -1.16. The standard InChI is InChI=1S/C12H12BrCl2NO4S/c13-7-5-8(14)11(9(15)6-7)21(19,20)16-4-2-1-3-10(16)12(17)18/h5-6,10H,1-4H2,(H,17,18)/t10-/m0/s1. The first-order valence-corrected chi connectivity index (χ1v) is 9.13. The number of carboxylic acids is 1.